The second-order valence-electron chi connectivity index (χ2n) is 14.3. The van der Waals surface area contributed by atoms with Crippen LogP contribution in [0.4, 0.5) is 0 Å². The monoisotopic (exact) mass is 646 g/mol. The number of aromatic amines is 2. The first-order chi connectivity index (χ1) is 22.8. The van der Waals surface area contributed by atoms with Crippen molar-refractivity contribution in [3.8, 4) is 0 Å². The maximum absolute atomic E-state index is 15.3. The fraction of sp³-hybridized carbons (Fsp3) is 0.639. The van der Waals surface area contributed by atoms with Crippen molar-refractivity contribution in [3.05, 3.63) is 77.0 Å². The van der Waals surface area contributed by atoms with Crippen LogP contribution in [-0.2, 0) is 31.0 Å². The van der Waals surface area contributed by atoms with Gasteiger partial charge in [0.05, 0.1) is 19.1 Å². The zero-order valence-corrected chi connectivity index (χ0v) is 28.3. The van der Waals surface area contributed by atoms with E-state index in [9.17, 15) is 9.90 Å². The Kier molecular flexibility index (Phi) is 10.8. The van der Waals surface area contributed by atoms with E-state index in [-0.39, 0.29) is 18.0 Å². The largest absolute Gasteiger partial charge is 0.632 e. The van der Waals surface area contributed by atoms with E-state index in [1.807, 2.05) is 24.5 Å². The summed E-state index contributed by atoms with van der Waals surface area (Å²) in [7, 11) is 0. The summed E-state index contributed by atoms with van der Waals surface area (Å²) in [5, 5.41) is 25.8. The average Bonchev–Trinajstić information content (AvgIpc) is 3.89. The SMILES string of the molecule is CCC(CC)N1CCC2(CC1)C[C@@H](C(=O)O)[N+]([O-])(Cc1ccc(CN(Cc3ncc[nH]3)Cc3ncc[nH]3)cc1)C2CCN1CCCC1. The van der Waals surface area contributed by atoms with E-state index < -0.39 is 16.7 Å². The van der Waals surface area contributed by atoms with Gasteiger partial charge in [-0.15, -0.1) is 0 Å². The van der Waals surface area contributed by atoms with Crippen LogP contribution in [0.5, 0.6) is 0 Å². The van der Waals surface area contributed by atoms with Crippen molar-refractivity contribution in [3.63, 3.8) is 0 Å². The lowest BCUT2D eigenvalue weighted by atomic mass is 9.70. The molecule has 2 aromatic heterocycles. The Balaban J connectivity index is 1.21. The molecule has 0 aliphatic carbocycles. The van der Waals surface area contributed by atoms with Gasteiger partial charge in [-0.25, -0.2) is 14.8 Å². The molecule has 6 rings (SSSR count). The van der Waals surface area contributed by atoms with Crippen molar-refractivity contribution < 1.29 is 14.5 Å². The number of carboxylic acid groups (broad SMARTS) is 1. The number of hydroxylamine groups is 3. The van der Waals surface area contributed by atoms with Crippen molar-refractivity contribution in [2.24, 2.45) is 5.41 Å². The first kappa shape index (κ1) is 33.8. The highest BCUT2D eigenvalue weighted by molar-refractivity contribution is 5.72. The van der Waals surface area contributed by atoms with Gasteiger partial charge in [0, 0.05) is 67.7 Å². The normalized spacial score (nSPS) is 25.0. The van der Waals surface area contributed by atoms with E-state index >= 15 is 5.21 Å². The Hall–Kier alpha value is -3.09. The van der Waals surface area contributed by atoms with E-state index in [0.29, 0.717) is 32.1 Å². The Morgan fingerprint density at radius 1 is 0.979 bits per heavy atom. The zero-order valence-electron chi connectivity index (χ0n) is 28.3. The fourth-order valence-electron chi connectivity index (χ4n) is 9.02. The summed E-state index contributed by atoms with van der Waals surface area (Å²) < 4.78 is -0.642. The second kappa shape index (κ2) is 15.0. The number of imidazole rings is 2. The summed E-state index contributed by atoms with van der Waals surface area (Å²) in [6.07, 6.45) is 14.9. The number of hydrogen-bond acceptors (Lipinski definition) is 7. The Morgan fingerprint density at radius 2 is 1.57 bits per heavy atom. The molecule has 3 aliphatic rings. The number of carbonyl (C=O) groups is 1. The van der Waals surface area contributed by atoms with Crippen molar-refractivity contribution in [1.82, 2.24) is 34.6 Å². The predicted molar refractivity (Wildman–Crippen MR) is 182 cm³/mol. The van der Waals surface area contributed by atoms with E-state index in [1.165, 1.54) is 12.8 Å². The lowest BCUT2D eigenvalue weighted by Crippen LogP contribution is -2.58. The third kappa shape index (κ3) is 7.65. The van der Waals surface area contributed by atoms with Gasteiger partial charge < -0.3 is 34.7 Å². The molecule has 3 aromatic rings. The van der Waals surface area contributed by atoms with E-state index in [2.05, 4.69) is 60.6 Å². The molecule has 47 heavy (non-hydrogen) atoms. The maximum atomic E-state index is 15.3. The molecule has 2 unspecified atom stereocenters. The molecular weight excluding hydrogens is 592 g/mol. The molecule has 11 nitrogen and oxygen atoms in total. The summed E-state index contributed by atoms with van der Waals surface area (Å²) in [5.74, 6) is 0.840. The molecule has 256 valence electrons. The minimum absolute atomic E-state index is 0.197. The molecule has 0 amide bonds. The van der Waals surface area contributed by atoms with Gasteiger partial charge >= 0.3 is 5.97 Å². The molecule has 0 saturated carbocycles. The van der Waals surface area contributed by atoms with Gasteiger partial charge in [-0.3, -0.25) is 4.90 Å². The third-order valence-electron chi connectivity index (χ3n) is 11.5. The van der Waals surface area contributed by atoms with Gasteiger partial charge in [0.1, 0.15) is 18.2 Å². The average molecular weight is 647 g/mol. The molecule has 11 heteroatoms. The number of nitrogens with one attached hydrogen (secondary N) is 2. The first-order valence-electron chi connectivity index (χ1n) is 17.9. The molecule has 0 radical (unpaired) electrons. The van der Waals surface area contributed by atoms with Gasteiger partial charge in [0.15, 0.2) is 6.04 Å². The smallest absolute Gasteiger partial charge is 0.362 e. The fourth-order valence-corrected chi connectivity index (χ4v) is 9.02. The molecule has 3 atom stereocenters. The van der Waals surface area contributed by atoms with Crippen molar-refractivity contribution >= 4 is 5.97 Å². The van der Waals surface area contributed by atoms with Crippen LogP contribution in [0.25, 0.3) is 0 Å². The minimum Gasteiger partial charge on any atom is -0.632 e. The van der Waals surface area contributed by atoms with Crippen LogP contribution >= 0.6 is 0 Å². The molecule has 1 spiro atoms. The molecule has 1 aromatic carbocycles. The number of aliphatic carboxylic acids is 1. The van der Waals surface area contributed by atoms with E-state index in [0.717, 1.165) is 87.6 Å². The van der Waals surface area contributed by atoms with Crippen LogP contribution in [0.3, 0.4) is 0 Å². The lowest BCUT2D eigenvalue weighted by Gasteiger charge is -2.52. The van der Waals surface area contributed by atoms with Gasteiger partial charge in [-0.05, 0) is 70.3 Å². The van der Waals surface area contributed by atoms with Gasteiger partial charge in [0.2, 0.25) is 0 Å². The van der Waals surface area contributed by atoms with Crippen LogP contribution in [-0.4, -0.2) is 101 Å². The number of nitrogens with zero attached hydrogens (tertiary/aromatic N) is 6. The number of carboxylic acids is 1. The van der Waals surface area contributed by atoms with Crippen LogP contribution in [0.15, 0.2) is 49.1 Å². The van der Waals surface area contributed by atoms with Gasteiger partial charge in [-0.1, -0.05) is 38.1 Å². The highest BCUT2D eigenvalue weighted by Crippen LogP contribution is 2.54. The number of hydrogen-bond donors (Lipinski definition) is 3. The number of piperidine rings is 1. The molecule has 5 heterocycles. The Morgan fingerprint density at radius 3 is 2.11 bits per heavy atom. The standard InChI is InChI=1S/C36H54N8O3/c1-3-30(4-2)43-21-12-36(13-22-43)23-31(35(45)46)44(47,32(36)11-20-41-18-5-6-19-41)27-29-9-7-28(8-10-29)24-42(25-33-37-14-15-38-33)26-34-39-16-17-40-34/h7-10,14-17,30-32H,3-6,11-13,18-27H2,1-2H3,(H,37,38)(H,39,40)(H,45,46)/t31-,32?,44?/m0/s1. The van der Waals surface area contributed by atoms with Crippen LogP contribution in [0.1, 0.15) is 88.0 Å². The summed E-state index contributed by atoms with van der Waals surface area (Å²) in [4.78, 5) is 35.4. The summed E-state index contributed by atoms with van der Waals surface area (Å²) in [6, 6.07) is 7.68. The molecule has 0 bridgehead atoms. The van der Waals surface area contributed by atoms with Gasteiger partial charge in [-0.2, -0.15) is 0 Å². The highest BCUT2D eigenvalue weighted by Gasteiger charge is 2.61. The number of likely N-dealkylation sites (tertiary alicyclic amines) is 3. The molecular formula is C36H54N8O3. The maximum Gasteiger partial charge on any atom is 0.362 e. The van der Waals surface area contributed by atoms with Crippen LogP contribution in [0, 0.1) is 10.6 Å². The summed E-state index contributed by atoms with van der Waals surface area (Å²) in [6.45, 7) is 11.7. The topological polar surface area (TPSA) is 127 Å². The molecule has 3 fully saturated rings. The number of benzene rings is 1. The summed E-state index contributed by atoms with van der Waals surface area (Å²) >= 11 is 0. The zero-order chi connectivity index (χ0) is 32.9. The minimum atomic E-state index is -0.936. The number of aromatic nitrogens is 4. The van der Waals surface area contributed by atoms with Crippen LogP contribution < -0.4 is 0 Å². The van der Waals surface area contributed by atoms with E-state index in [4.69, 9.17) is 0 Å². The molecule has 3 aliphatic heterocycles. The Bertz CT molecular complexity index is 1340. The predicted octanol–water partition coefficient (Wildman–Crippen LogP) is 5.13. The summed E-state index contributed by atoms with van der Waals surface area (Å²) in [5.41, 5.74) is 1.80. The van der Waals surface area contributed by atoms with Gasteiger partial charge in [0.25, 0.3) is 0 Å². The Labute approximate surface area is 279 Å². The lowest BCUT2D eigenvalue weighted by molar-refractivity contribution is -0.924. The van der Waals surface area contributed by atoms with Crippen molar-refractivity contribution in [2.45, 2.75) is 110 Å². The molecule has 3 N–H and O–H groups in total. The van der Waals surface area contributed by atoms with E-state index in [1.54, 1.807) is 12.4 Å². The van der Waals surface area contributed by atoms with Crippen molar-refractivity contribution in [2.75, 3.05) is 32.7 Å². The van der Waals surface area contributed by atoms with Crippen LogP contribution in [0.2, 0.25) is 0 Å². The number of quaternary nitrogens is 1. The first-order valence-corrected chi connectivity index (χ1v) is 17.9. The number of rotatable bonds is 15. The highest BCUT2D eigenvalue weighted by atomic mass is 16.6. The van der Waals surface area contributed by atoms with Crippen molar-refractivity contribution in [1.29, 1.82) is 0 Å². The number of H-pyrrole nitrogens is 2. The quantitative estimate of drug-likeness (QED) is 0.153. The molecule has 3 saturated heterocycles. The second-order valence-corrected chi connectivity index (χ2v) is 14.3. The third-order valence-corrected chi connectivity index (χ3v) is 11.5.